The number of thioether (sulfide) groups is 1. The predicted octanol–water partition coefficient (Wildman–Crippen LogP) is 4.08. The summed E-state index contributed by atoms with van der Waals surface area (Å²) in [5.74, 6) is 0.686. The lowest BCUT2D eigenvalue weighted by molar-refractivity contribution is -0.119. The number of hydrogen-bond acceptors (Lipinski definition) is 3. The fourth-order valence-electron chi connectivity index (χ4n) is 4.16. The maximum atomic E-state index is 12.3. The number of piperidine rings is 1. The summed E-state index contributed by atoms with van der Waals surface area (Å²) in [5, 5.41) is 3.26. The van der Waals surface area contributed by atoms with E-state index in [4.69, 9.17) is 0 Å². The summed E-state index contributed by atoms with van der Waals surface area (Å²) in [7, 11) is 0. The van der Waals surface area contributed by atoms with Gasteiger partial charge in [0.25, 0.3) is 0 Å². The third-order valence-electron chi connectivity index (χ3n) is 5.54. The van der Waals surface area contributed by atoms with Crippen molar-refractivity contribution in [3.05, 3.63) is 30.3 Å². The molecule has 1 aliphatic heterocycles. The molecule has 2 aliphatic rings. The van der Waals surface area contributed by atoms with Crippen LogP contribution in [0.25, 0.3) is 0 Å². The van der Waals surface area contributed by atoms with E-state index < -0.39 is 0 Å². The van der Waals surface area contributed by atoms with Gasteiger partial charge in [0, 0.05) is 17.0 Å². The number of amides is 1. The minimum Gasteiger partial charge on any atom is -0.354 e. The first kappa shape index (κ1) is 17.8. The molecule has 1 N–H and O–H groups in total. The van der Waals surface area contributed by atoms with Gasteiger partial charge in [-0.2, -0.15) is 0 Å². The number of hydrogen-bond donors (Lipinski definition) is 1. The number of carbonyl (C=O) groups excluding carboxylic acids is 1. The van der Waals surface area contributed by atoms with Crippen LogP contribution >= 0.6 is 11.8 Å². The lowest BCUT2D eigenvalue weighted by atomic mass is 9.79. The second kappa shape index (κ2) is 8.91. The fourth-order valence-corrected chi connectivity index (χ4v) is 4.91. The minimum atomic E-state index is 0.172. The van der Waals surface area contributed by atoms with Crippen molar-refractivity contribution < 1.29 is 4.79 Å². The molecule has 3 rings (SSSR count). The molecule has 1 aromatic carbocycles. The van der Waals surface area contributed by atoms with Crippen molar-refractivity contribution in [2.24, 2.45) is 0 Å². The Hall–Kier alpha value is -1.00. The first-order valence-electron chi connectivity index (χ1n) is 9.48. The van der Waals surface area contributed by atoms with Crippen molar-refractivity contribution >= 4 is 17.7 Å². The molecule has 1 saturated carbocycles. The molecule has 1 saturated heterocycles. The summed E-state index contributed by atoms with van der Waals surface area (Å²) in [6, 6.07) is 10.2. The van der Waals surface area contributed by atoms with Crippen LogP contribution in [-0.2, 0) is 4.79 Å². The van der Waals surface area contributed by atoms with Crippen molar-refractivity contribution in [3.63, 3.8) is 0 Å². The van der Waals surface area contributed by atoms with Gasteiger partial charge in [-0.15, -0.1) is 11.8 Å². The van der Waals surface area contributed by atoms with Crippen molar-refractivity contribution in [1.29, 1.82) is 0 Å². The van der Waals surface area contributed by atoms with E-state index in [1.165, 1.54) is 64.5 Å². The molecule has 0 bridgehead atoms. The number of nitrogens with zero attached hydrogens (tertiary/aromatic N) is 1. The summed E-state index contributed by atoms with van der Waals surface area (Å²) in [6.07, 6.45) is 10.5. The molecule has 0 spiro atoms. The van der Waals surface area contributed by atoms with Crippen LogP contribution in [0.3, 0.4) is 0 Å². The molecule has 0 atom stereocenters. The van der Waals surface area contributed by atoms with Gasteiger partial charge in [-0.25, -0.2) is 0 Å². The van der Waals surface area contributed by atoms with Gasteiger partial charge in [-0.3, -0.25) is 9.69 Å². The van der Waals surface area contributed by atoms with Crippen LogP contribution in [0, 0.1) is 0 Å². The fraction of sp³-hybridized carbons (Fsp3) is 0.650. The molecule has 1 heterocycles. The SMILES string of the molecule is O=C(CSc1ccccc1)NCC1(N2CCCCC2)CCCCC1. The first-order valence-corrected chi connectivity index (χ1v) is 10.5. The van der Waals surface area contributed by atoms with Gasteiger partial charge in [0.15, 0.2) is 0 Å². The van der Waals surface area contributed by atoms with E-state index in [0.717, 1.165) is 11.4 Å². The Kier molecular flexibility index (Phi) is 6.61. The average Bonchev–Trinajstić information content (AvgIpc) is 2.67. The van der Waals surface area contributed by atoms with Crippen molar-refractivity contribution in [2.45, 2.75) is 61.8 Å². The lowest BCUT2D eigenvalue weighted by Gasteiger charge is -2.48. The number of likely N-dealkylation sites (tertiary alicyclic amines) is 1. The Bertz CT molecular complexity index is 508. The van der Waals surface area contributed by atoms with Crippen LogP contribution in [0.15, 0.2) is 35.2 Å². The number of rotatable bonds is 6. The minimum absolute atomic E-state index is 0.172. The summed E-state index contributed by atoms with van der Waals surface area (Å²) < 4.78 is 0. The van der Waals surface area contributed by atoms with E-state index in [9.17, 15) is 4.79 Å². The maximum Gasteiger partial charge on any atom is 0.230 e. The Labute approximate surface area is 150 Å². The van der Waals surface area contributed by atoms with Gasteiger partial charge in [-0.1, -0.05) is 43.9 Å². The highest BCUT2D eigenvalue weighted by Crippen LogP contribution is 2.35. The van der Waals surface area contributed by atoms with E-state index in [-0.39, 0.29) is 11.4 Å². The zero-order valence-electron chi connectivity index (χ0n) is 14.6. The van der Waals surface area contributed by atoms with E-state index >= 15 is 0 Å². The van der Waals surface area contributed by atoms with Crippen molar-refractivity contribution in [1.82, 2.24) is 10.2 Å². The molecule has 132 valence electrons. The zero-order chi connectivity index (χ0) is 16.7. The standard InChI is InChI=1S/C20H30N2OS/c23-19(16-24-18-10-4-1-5-11-18)21-17-20(12-6-2-7-13-20)22-14-8-3-9-15-22/h1,4-5,10-11H,2-3,6-9,12-17H2,(H,21,23). The van der Waals surface area contributed by atoms with Crippen LogP contribution in [0.4, 0.5) is 0 Å². The molecule has 1 aliphatic carbocycles. The van der Waals surface area contributed by atoms with Crippen LogP contribution in [0.5, 0.6) is 0 Å². The molecular weight excluding hydrogens is 316 g/mol. The maximum absolute atomic E-state index is 12.3. The van der Waals surface area contributed by atoms with Gasteiger partial charge in [0.2, 0.25) is 5.91 Å². The van der Waals surface area contributed by atoms with Crippen molar-refractivity contribution in [2.75, 3.05) is 25.4 Å². The normalized spacial score (nSPS) is 21.3. The highest BCUT2D eigenvalue weighted by Gasteiger charge is 2.38. The Morgan fingerprint density at radius 2 is 1.67 bits per heavy atom. The van der Waals surface area contributed by atoms with Crippen LogP contribution in [0.2, 0.25) is 0 Å². The van der Waals surface area contributed by atoms with Gasteiger partial charge < -0.3 is 5.32 Å². The smallest absolute Gasteiger partial charge is 0.230 e. The quantitative estimate of drug-likeness (QED) is 0.788. The predicted molar refractivity (Wildman–Crippen MR) is 101 cm³/mol. The molecule has 0 radical (unpaired) electrons. The Morgan fingerprint density at radius 3 is 2.38 bits per heavy atom. The number of nitrogens with one attached hydrogen (secondary N) is 1. The highest BCUT2D eigenvalue weighted by molar-refractivity contribution is 8.00. The van der Waals surface area contributed by atoms with Gasteiger partial charge >= 0.3 is 0 Å². The van der Waals surface area contributed by atoms with Crippen LogP contribution < -0.4 is 5.32 Å². The number of benzene rings is 1. The third-order valence-corrected chi connectivity index (χ3v) is 6.55. The highest BCUT2D eigenvalue weighted by atomic mass is 32.2. The largest absolute Gasteiger partial charge is 0.354 e. The van der Waals surface area contributed by atoms with Gasteiger partial charge in [0.1, 0.15) is 0 Å². The Morgan fingerprint density at radius 1 is 1.00 bits per heavy atom. The van der Waals surface area contributed by atoms with E-state index in [1.54, 1.807) is 11.8 Å². The second-order valence-electron chi connectivity index (χ2n) is 7.21. The zero-order valence-corrected chi connectivity index (χ0v) is 15.5. The lowest BCUT2D eigenvalue weighted by Crippen LogP contribution is -2.58. The van der Waals surface area contributed by atoms with Gasteiger partial charge in [-0.05, 0) is 50.9 Å². The summed E-state index contributed by atoms with van der Waals surface area (Å²) >= 11 is 1.62. The molecular formula is C20H30N2OS. The molecule has 24 heavy (non-hydrogen) atoms. The van der Waals surface area contributed by atoms with E-state index in [2.05, 4.69) is 22.3 Å². The molecule has 1 aromatic rings. The summed E-state index contributed by atoms with van der Waals surface area (Å²) in [5.41, 5.74) is 0.228. The van der Waals surface area contributed by atoms with E-state index in [0.29, 0.717) is 5.75 Å². The topological polar surface area (TPSA) is 32.3 Å². The Balaban J connectivity index is 1.52. The first-order chi connectivity index (χ1) is 11.8. The van der Waals surface area contributed by atoms with Crippen molar-refractivity contribution in [3.8, 4) is 0 Å². The number of carbonyl (C=O) groups is 1. The monoisotopic (exact) mass is 346 g/mol. The molecule has 1 amide bonds. The third kappa shape index (κ3) is 4.76. The summed E-state index contributed by atoms with van der Waals surface area (Å²) in [4.78, 5) is 16.2. The summed E-state index contributed by atoms with van der Waals surface area (Å²) in [6.45, 7) is 3.27. The molecule has 0 unspecified atom stereocenters. The van der Waals surface area contributed by atoms with Crippen LogP contribution in [-0.4, -0.2) is 41.7 Å². The average molecular weight is 347 g/mol. The van der Waals surface area contributed by atoms with Gasteiger partial charge in [0.05, 0.1) is 5.75 Å². The molecule has 0 aromatic heterocycles. The molecule has 4 heteroatoms. The second-order valence-corrected chi connectivity index (χ2v) is 8.26. The molecule has 3 nitrogen and oxygen atoms in total. The van der Waals surface area contributed by atoms with E-state index in [1.807, 2.05) is 18.2 Å². The molecule has 2 fully saturated rings. The van der Waals surface area contributed by atoms with Crippen LogP contribution in [0.1, 0.15) is 51.4 Å².